The Morgan fingerprint density at radius 1 is 1.41 bits per heavy atom. The Bertz CT molecular complexity index is 391. The molecule has 0 aromatic carbocycles. The monoisotopic (exact) mass is 239 g/mol. The van der Waals surface area contributed by atoms with Crippen LogP contribution in [0.4, 0.5) is 4.79 Å². The minimum atomic E-state index is -1.22. The van der Waals surface area contributed by atoms with Gasteiger partial charge in [0.2, 0.25) is 0 Å². The Morgan fingerprint density at radius 2 is 2.06 bits per heavy atom. The summed E-state index contributed by atoms with van der Waals surface area (Å²) >= 11 is 0. The molecular formula is C12H17NO4. The van der Waals surface area contributed by atoms with Crippen LogP contribution in [0.15, 0.2) is 22.8 Å². The number of amides is 1. The molecule has 0 aliphatic carbocycles. The van der Waals surface area contributed by atoms with Crippen molar-refractivity contribution in [1.82, 2.24) is 5.32 Å². The zero-order valence-electron chi connectivity index (χ0n) is 10.4. The second-order valence-electron chi connectivity index (χ2n) is 4.92. The number of nitrogens with one attached hydrogen (secondary N) is 1. The summed E-state index contributed by atoms with van der Waals surface area (Å²) in [5.74, 6) is 0.360. The lowest BCUT2D eigenvalue weighted by Gasteiger charge is -2.25. The second-order valence-corrected chi connectivity index (χ2v) is 4.92. The molecule has 1 amide bonds. The molecule has 0 fully saturated rings. The average Bonchev–Trinajstić information content (AvgIpc) is 2.67. The lowest BCUT2D eigenvalue weighted by molar-refractivity contribution is -0.113. The summed E-state index contributed by atoms with van der Waals surface area (Å²) in [7, 11) is 0. The van der Waals surface area contributed by atoms with Crippen molar-refractivity contribution >= 4 is 12.4 Å². The molecule has 94 valence electrons. The molecule has 1 unspecified atom stereocenters. The number of carbonyl (C=O) groups is 2. The molecule has 0 bridgehead atoms. The van der Waals surface area contributed by atoms with Crippen molar-refractivity contribution < 1.29 is 18.7 Å². The predicted octanol–water partition coefficient (Wildman–Crippen LogP) is 2.22. The van der Waals surface area contributed by atoms with E-state index in [1.807, 2.05) is 0 Å². The van der Waals surface area contributed by atoms with Gasteiger partial charge in [-0.3, -0.25) is 0 Å². The van der Waals surface area contributed by atoms with E-state index in [2.05, 4.69) is 5.32 Å². The van der Waals surface area contributed by atoms with Crippen molar-refractivity contribution in [3.8, 4) is 0 Å². The standard InChI is InChI=1S/C12H17NO4/c1-11(2,3)17-10(15)13-12(4,8-14)9-6-5-7-16-9/h5-8H,1-4H3,(H,13,15). The molecule has 0 aliphatic heterocycles. The minimum absolute atomic E-state index is 0.360. The third-order valence-corrected chi connectivity index (χ3v) is 2.03. The van der Waals surface area contributed by atoms with Gasteiger partial charge in [-0.25, -0.2) is 4.79 Å². The van der Waals surface area contributed by atoms with Crippen LogP contribution in [0, 0.1) is 0 Å². The molecule has 0 aliphatic rings. The summed E-state index contributed by atoms with van der Waals surface area (Å²) in [6.07, 6.45) is 1.38. The van der Waals surface area contributed by atoms with E-state index >= 15 is 0 Å². The van der Waals surface area contributed by atoms with Crippen LogP contribution in [-0.2, 0) is 15.1 Å². The van der Waals surface area contributed by atoms with Crippen LogP contribution in [-0.4, -0.2) is 18.0 Å². The SMILES string of the molecule is CC(C)(C)OC(=O)NC(C)(C=O)c1ccco1. The van der Waals surface area contributed by atoms with Crippen LogP contribution in [0.25, 0.3) is 0 Å². The van der Waals surface area contributed by atoms with Gasteiger partial charge in [0.15, 0.2) is 11.8 Å². The molecule has 1 heterocycles. The second kappa shape index (κ2) is 4.61. The van der Waals surface area contributed by atoms with E-state index in [1.54, 1.807) is 39.8 Å². The van der Waals surface area contributed by atoms with Crippen LogP contribution in [0.3, 0.4) is 0 Å². The molecule has 1 atom stereocenters. The molecule has 17 heavy (non-hydrogen) atoms. The molecule has 0 saturated carbocycles. The molecule has 0 radical (unpaired) electrons. The number of alkyl carbamates (subject to hydrolysis) is 1. The van der Waals surface area contributed by atoms with Gasteiger partial charge in [-0.2, -0.15) is 0 Å². The molecule has 1 aromatic rings. The van der Waals surface area contributed by atoms with Crippen molar-refractivity contribution in [2.75, 3.05) is 0 Å². The molecule has 0 spiro atoms. The zero-order valence-corrected chi connectivity index (χ0v) is 10.4. The first-order valence-corrected chi connectivity index (χ1v) is 5.28. The first-order valence-electron chi connectivity index (χ1n) is 5.28. The van der Waals surface area contributed by atoms with Crippen LogP contribution in [0.2, 0.25) is 0 Å². The molecule has 5 heteroatoms. The van der Waals surface area contributed by atoms with E-state index in [4.69, 9.17) is 9.15 Å². The normalized spacial score (nSPS) is 14.8. The maximum Gasteiger partial charge on any atom is 0.408 e. The number of ether oxygens (including phenoxy) is 1. The van der Waals surface area contributed by atoms with E-state index in [0.29, 0.717) is 12.0 Å². The number of hydrogen-bond donors (Lipinski definition) is 1. The van der Waals surface area contributed by atoms with Gasteiger partial charge in [-0.05, 0) is 39.8 Å². The van der Waals surface area contributed by atoms with Crippen molar-refractivity contribution in [1.29, 1.82) is 0 Å². The van der Waals surface area contributed by atoms with E-state index < -0.39 is 17.2 Å². The minimum Gasteiger partial charge on any atom is -0.466 e. The maximum atomic E-state index is 11.6. The Kier molecular flexibility index (Phi) is 3.60. The summed E-state index contributed by atoms with van der Waals surface area (Å²) in [6, 6.07) is 3.26. The highest BCUT2D eigenvalue weighted by Crippen LogP contribution is 2.19. The van der Waals surface area contributed by atoms with E-state index in [0.717, 1.165) is 0 Å². The van der Waals surface area contributed by atoms with Crippen molar-refractivity contribution in [2.24, 2.45) is 0 Å². The smallest absolute Gasteiger partial charge is 0.408 e. The molecule has 1 aromatic heterocycles. The molecule has 0 saturated heterocycles. The van der Waals surface area contributed by atoms with Gasteiger partial charge in [-0.1, -0.05) is 0 Å². The summed E-state index contributed by atoms with van der Waals surface area (Å²) in [5, 5.41) is 2.48. The van der Waals surface area contributed by atoms with Gasteiger partial charge < -0.3 is 19.3 Å². The van der Waals surface area contributed by atoms with Crippen LogP contribution >= 0.6 is 0 Å². The highest BCUT2D eigenvalue weighted by molar-refractivity contribution is 5.77. The summed E-state index contributed by atoms with van der Waals surface area (Å²) in [6.45, 7) is 6.79. The maximum absolute atomic E-state index is 11.6. The van der Waals surface area contributed by atoms with Crippen LogP contribution in [0.5, 0.6) is 0 Å². The average molecular weight is 239 g/mol. The van der Waals surface area contributed by atoms with Gasteiger partial charge in [0.05, 0.1) is 6.26 Å². The third-order valence-electron chi connectivity index (χ3n) is 2.03. The topological polar surface area (TPSA) is 68.5 Å². The molecule has 5 nitrogen and oxygen atoms in total. The molecule has 1 rings (SSSR count). The number of rotatable bonds is 3. The lowest BCUT2D eigenvalue weighted by atomic mass is 10.0. The number of carbonyl (C=O) groups excluding carboxylic acids is 2. The number of aldehydes is 1. The van der Waals surface area contributed by atoms with Gasteiger partial charge in [0.25, 0.3) is 0 Å². The van der Waals surface area contributed by atoms with E-state index in [1.165, 1.54) is 6.26 Å². The van der Waals surface area contributed by atoms with Crippen molar-refractivity contribution in [2.45, 2.75) is 38.8 Å². The fraction of sp³-hybridized carbons (Fsp3) is 0.500. The first kappa shape index (κ1) is 13.3. The quantitative estimate of drug-likeness (QED) is 0.821. The van der Waals surface area contributed by atoms with E-state index in [-0.39, 0.29) is 0 Å². The van der Waals surface area contributed by atoms with Gasteiger partial charge in [0, 0.05) is 0 Å². The Labute approximate surface area is 100 Å². The van der Waals surface area contributed by atoms with Gasteiger partial charge in [0.1, 0.15) is 11.4 Å². The Morgan fingerprint density at radius 3 is 2.47 bits per heavy atom. The third kappa shape index (κ3) is 3.62. The van der Waals surface area contributed by atoms with Crippen molar-refractivity contribution in [3.05, 3.63) is 24.2 Å². The van der Waals surface area contributed by atoms with Crippen LogP contribution in [0.1, 0.15) is 33.5 Å². The number of furan rings is 1. The lowest BCUT2D eigenvalue weighted by Crippen LogP contribution is -2.46. The number of hydrogen-bond acceptors (Lipinski definition) is 4. The van der Waals surface area contributed by atoms with Gasteiger partial charge >= 0.3 is 6.09 Å². The molecular weight excluding hydrogens is 222 g/mol. The predicted molar refractivity (Wildman–Crippen MR) is 61.5 cm³/mol. The summed E-state index contributed by atoms with van der Waals surface area (Å²) < 4.78 is 10.2. The fourth-order valence-corrected chi connectivity index (χ4v) is 1.24. The zero-order chi connectivity index (χ0) is 13.1. The fourth-order valence-electron chi connectivity index (χ4n) is 1.24. The first-order chi connectivity index (χ1) is 7.77. The highest BCUT2D eigenvalue weighted by atomic mass is 16.6. The largest absolute Gasteiger partial charge is 0.466 e. The summed E-state index contributed by atoms with van der Waals surface area (Å²) in [4.78, 5) is 22.7. The van der Waals surface area contributed by atoms with Crippen molar-refractivity contribution in [3.63, 3.8) is 0 Å². The summed E-state index contributed by atoms with van der Waals surface area (Å²) in [5.41, 5.74) is -1.83. The van der Waals surface area contributed by atoms with Crippen LogP contribution < -0.4 is 5.32 Å². The van der Waals surface area contributed by atoms with Gasteiger partial charge in [-0.15, -0.1) is 0 Å². The Balaban J connectivity index is 2.77. The molecule has 1 N–H and O–H groups in total. The highest BCUT2D eigenvalue weighted by Gasteiger charge is 2.32. The Hall–Kier alpha value is -1.78. The van der Waals surface area contributed by atoms with E-state index in [9.17, 15) is 9.59 Å².